The lowest BCUT2D eigenvalue weighted by molar-refractivity contribution is 0.119. The average Bonchev–Trinajstić information content (AvgIpc) is 2.49. The van der Waals surface area contributed by atoms with Crippen LogP contribution in [0.1, 0.15) is 32.3 Å². The van der Waals surface area contributed by atoms with E-state index in [1.807, 2.05) is 19.9 Å². The average molecular weight is 331 g/mol. The number of nitrogens with one attached hydrogen (secondary N) is 1. The van der Waals surface area contributed by atoms with Gasteiger partial charge in [0, 0.05) is 18.6 Å². The highest BCUT2D eigenvalue weighted by atomic mass is 35.5. The maximum atomic E-state index is 12.2. The van der Waals surface area contributed by atoms with Crippen LogP contribution in [0.2, 0.25) is 5.02 Å². The van der Waals surface area contributed by atoms with Gasteiger partial charge in [0.15, 0.2) is 0 Å². The van der Waals surface area contributed by atoms with Crippen LogP contribution >= 0.6 is 11.6 Å². The fourth-order valence-electron chi connectivity index (χ4n) is 1.86. The Morgan fingerprint density at radius 1 is 1.38 bits per heavy atom. The maximum Gasteiger partial charge on any atom is 0.240 e. The quantitative estimate of drug-likeness (QED) is 0.802. The molecule has 0 saturated heterocycles. The van der Waals surface area contributed by atoms with Gasteiger partial charge in [0.1, 0.15) is 6.07 Å². The van der Waals surface area contributed by atoms with E-state index in [0.29, 0.717) is 12.8 Å². The minimum Gasteiger partial charge on any atom is -0.396 e. The first-order valence-electron chi connectivity index (χ1n) is 6.64. The molecular weight excluding hydrogens is 312 g/mol. The second-order valence-electron chi connectivity index (χ2n) is 4.94. The molecule has 116 valence electrons. The topological polar surface area (TPSA) is 90.2 Å². The van der Waals surface area contributed by atoms with Crippen LogP contribution < -0.4 is 4.72 Å². The van der Waals surface area contributed by atoms with Gasteiger partial charge in [0.05, 0.1) is 15.5 Å². The molecular formula is C14H19ClN2O3S. The smallest absolute Gasteiger partial charge is 0.240 e. The van der Waals surface area contributed by atoms with Crippen molar-refractivity contribution >= 4 is 21.6 Å². The number of aliphatic hydroxyl groups excluding tert-OH is 1. The number of sulfonamides is 1. The molecule has 0 atom stereocenters. The van der Waals surface area contributed by atoms with E-state index in [1.54, 1.807) is 0 Å². The summed E-state index contributed by atoms with van der Waals surface area (Å²) in [5.41, 5.74) is -0.244. The standard InChI is InChI=1S/C14H19ClN2O3S/c1-3-14(4-2,10-18)9-17-21(19,20)12-6-5-11(8-16)13(15)7-12/h5-7,17-18H,3-4,9-10H2,1-2H3. The van der Waals surface area contributed by atoms with Crippen molar-refractivity contribution in [1.29, 1.82) is 5.26 Å². The van der Waals surface area contributed by atoms with Gasteiger partial charge in [-0.15, -0.1) is 0 Å². The number of aliphatic hydroxyl groups is 1. The molecule has 7 heteroatoms. The van der Waals surface area contributed by atoms with Crippen molar-refractivity contribution in [3.05, 3.63) is 28.8 Å². The van der Waals surface area contributed by atoms with Crippen LogP contribution in [-0.2, 0) is 10.0 Å². The van der Waals surface area contributed by atoms with Crippen LogP contribution in [0.25, 0.3) is 0 Å². The summed E-state index contributed by atoms with van der Waals surface area (Å²) >= 11 is 5.85. The summed E-state index contributed by atoms with van der Waals surface area (Å²) in [6, 6.07) is 5.84. The third-order valence-corrected chi connectivity index (χ3v) is 5.56. The van der Waals surface area contributed by atoms with Crippen molar-refractivity contribution in [3.63, 3.8) is 0 Å². The monoisotopic (exact) mass is 330 g/mol. The first-order valence-corrected chi connectivity index (χ1v) is 8.50. The largest absolute Gasteiger partial charge is 0.396 e. The highest BCUT2D eigenvalue weighted by Gasteiger charge is 2.28. The van der Waals surface area contributed by atoms with E-state index in [1.165, 1.54) is 18.2 Å². The van der Waals surface area contributed by atoms with Crippen LogP contribution in [0.15, 0.2) is 23.1 Å². The maximum absolute atomic E-state index is 12.2. The fourth-order valence-corrected chi connectivity index (χ4v) is 3.34. The van der Waals surface area contributed by atoms with E-state index in [4.69, 9.17) is 16.9 Å². The summed E-state index contributed by atoms with van der Waals surface area (Å²) in [5.74, 6) is 0. The van der Waals surface area contributed by atoms with E-state index in [9.17, 15) is 13.5 Å². The molecule has 21 heavy (non-hydrogen) atoms. The van der Waals surface area contributed by atoms with Crippen LogP contribution in [0.4, 0.5) is 0 Å². The zero-order valence-corrected chi connectivity index (χ0v) is 13.6. The Morgan fingerprint density at radius 2 is 2.00 bits per heavy atom. The second kappa shape index (κ2) is 7.23. The van der Waals surface area contributed by atoms with E-state index >= 15 is 0 Å². The third kappa shape index (κ3) is 4.17. The van der Waals surface area contributed by atoms with Gasteiger partial charge in [-0.05, 0) is 31.0 Å². The molecule has 0 aliphatic rings. The predicted octanol–water partition coefficient (Wildman–Crippen LogP) is 2.29. The fraction of sp³-hybridized carbons (Fsp3) is 0.500. The molecule has 0 saturated carbocycles. The summed E-state index contributed by atoms with van der Waals surface area (Å²) in [5, 5.41) is 18.4. The number of benzene rings is 1. The molecule has 0 aliphatic carbocycles. The zero-order valence-electron chi connectivity index (χ0n) is 12.1. The molecule has 1 aromatic carbocycles. The molecule has 0 aliphatic heterocycles. The van der Waals surface area contributed by atoms with E-state index in [-0.39, 0.29) is 28.6 Å². The lowest BCUT2D eigenvalue weighted by atomic mass is 9.84. The van der Waals surface area contributed by atoms with Crippen LogP contribution in [0.3, 0.4) is 0 Å². The van der Waals surface area contributed by atoms with E-state index < -0.39 is 15.4 Å². The van der Waals surface area contributed by atoms with E-state index in [2.05, 4.69) is 4.72 Å². The molecule has 2 N–H and O–H groups in total. The van der Waals surface area contributed by atoms with Crippen molar-refractivity contribution < 1.29 is 13.5 Å². The lowest BCUT2D eigenvalue weighted by Crippen LogP contribution is -2.39. The molecule has 0 bridgehead atoms. The number of hydrogen-bond donors (Lipinski definition) is 2. The summed E-state index contributed by atoms with van der Waals surface area (Å²) in [6.45, 7) is 3.88. The highest BCUT2D eigenvalue weighted by molar-refractivity contribution is 7.89. The summed E-state index contributed by atoms with van der Waals surface area (Å²) in [4.78, 5) is 0.00514. The van der Waals surface area contributed by atoms with Crippen molar-refractivity contribution in [2.75, 3.05) is 13.2 Å². The molecule has 0 fully saturated rings. The third-order valence-electron chi connectivity index (χ3n) is 3.84. The molecule has 0 aromatic heterocycles. The van der Waals surface area contributed by atoms with Gasteiger partial charge in [-0.25, -0.2) is 13.1 Å². The van der Waals surface area contributed by atoms with Gasteiger partial charge in [-0.2, -0.15) is 5.26 Å². The SMILES string of the molecule is CCC(CC)(CO)CNS(=O)(=O)c1ccc(C#N)c(Cl)c1. The minimum atomic E-state index is -3.73. The molecule has 0 radical (unpaired) electrons. The van der Waals surface area contributed by atoms with Crippen LogP contribution in [0, 0.1) is 16.7 Å². The Bertz CT molecular complexity index is 626. The first kappa shape index (κ1) is 17.9. The number of hydrogen-bond acceptors (Lipinski definition) is 4. The van der Waals surface area contributed by atoms with Crippen LogP contribution in [0.5, 0.6) is 0 Å². The summed E-state index contributed by atoms with van der Waals surface area (Å²) < 4.78 is 27.0. The molecule has 1 aromatic rings. The zero-order chi connectivity index (χ0) is 16.1. The Labute approximate surface area is 130 Å². The van der Waals surface area contributed by atoms with Gasteiger partial charge in [0.25, 0.3) is 0 Å². The van der Waals surface area contributed by atoms with Crippen molar-refractivity contribution in [2.45, 2.75) is 31.6 Å². The predicted molar refractivity (Wildman–Crippen MR) is 81.5 cm³/mol. The molecule has 5 nitrogen and oxygen atoms in total. The molecule has 1 rings (SSSR count). The normalized spacial score (nSPS) is 12.1. The van der Waals surface area contributed by atoms with Gasteiger partial charge >= 0.3 is 0 Å². The lowest BCUT2D eigenvalue weighted by Gasteiger charge is -2.29. The first-order chi connectivity index (χ1) is 9.84. The minimum absolute atomic E-state index is 0.00514. The Morgan fingerprint density at radius 3 is 2.43 bits per heavy atom. The molecule has 0 unspecified atom stereocenters. The molecule has 0 amide bonds. The van der Waals surface area contributed by atoms with Crippen molar-refractivity contribution in [2.24, 2.45) is 5.41 Å². The number of halogens is 1. The summed E-state index contributed by atoms with van der Waals surface area (Å²) in [6.07, 6.45) is 1.33. The van der Waals surface area contributed by atoms with Crippen molar-refractivity contribution in [3.8, 4) is 6.07 Å². The van der Waals surface area contributed by atoms with E-state index in [0.717, 1.165) is 0 Å². The highest BCUT2D eigenvalue weighted by Crippen LogP contribution is 2.26. The Hall–Kier alpha value is -1.13. The van der Waals surface area contributed by atoms with Gasteiger partial charge < -0.3 is 5.11 Å². The molecule has 0 heterocycles. The molecule has 0 spiro atoms. The van der Waals surface area contributed by atoms with Crippen molar-refractivity contribution in [1.82, 2.24) is 4.72 Å². The summed E-state index contributed by atoms with van der Waals surface area (Å²) in [7, 11) is -3.73. The van der Waals surface area contributed by atoms with Crippen LogP contribution in [-0.4, -0.2) is 26.7 Å². The number of nitrogens with zero attached hydrogens (tertiary/aromatic N) is 1. The van der Waals surface area contributed by atoms with Gasteiger partial charge in [-0.3, -0.25) is 0 Å². The Balaban J connectivity index is 2.97. The van der Waals surface area contributed by atoms with Gasteiger partial charge in [-0.1, -0.05) is 25.4 Å². The number of nitriles is 1. The number of rotatable bonds is 7. The second-order valence-corrected chi connectivity index (χ2v) is 7.12. The van der Waals surface area contributed by atoms with Gasteiger partial charge in [0.2, 0.25) is 10.0 Å². The Kier molecular flexibility index (Phi) is 6.17.